The van der Waals surface area contributed by atoms with Crippen LogP contribution in [0.15, 0.2) is 23.2 Å². The van der Waals surface area contributed by atoms with Crippen LogP contribution in [-0.4, -0.2) is 27.5 Å². The first-order chi connectivity index (χ1) is 9.28. The Kier molecular flexibility index (Phi) is 3.73. The van der Waals surface area contributed by atoms with Gasteiger partial charge in [0.2, 0.25) is 0 Å². The van der Waals surface area contributed by atoms with Gasteiger partial charge in [-0.1, -0.05) is 19.8 Å². The van der Waals surface area contributed by atoms with E-state index in [2.05, 4.69) is 37.7 Å². The normalized spacial score (nSPS) is 17.3. The van der Waals surface area contributed by atoms with Crippen LogP contribution in [0.4, 0.5) is 5.82 Å². The first-order valence-corrected chi connectivity index (χ1v) is 7.81. The third-order valence-corrected chi connectivity index (χ3v) is 4.32. The fraction of sp³-hybridized carbons (Fsp3) is 0.571. The third kappa shape index (κ3) is 2.61. The van der Waals surface area contributed by atoms with Gasteiger partial charge in [-0.15, -0.1) is 0 Å². The van der Waals surface area contributed by atoms with Crippen LogP contribution in [0.3, 0.4) is 0 Å². The maximum absolute atomic E-state index is 4.63. The predicted octanol–water partition coefficient (Wildman–Crippen LogP) is 3.51. The van der Waals surface area contributed by atoms with Gasteiger partial charge in [0.05, 0.1) is 0 Å². The van der Waals surface area contributed by atoms with Crippen molar-refractivity contribution in [2.75, 3.05) is 18.0 Å². The maximum Gasteiger partial charge on any atom is 0.180 e. The number of hydrogen-bond acceptors (Lipinski definition) is 3. The second kappa shape index (κ2) is 5.49. The number of rotatable bonds is 3. The first-order valence-electron chi connectivity index (χ1n) is 7.02. The van der Waals surface area contributed by atoms with Crippen molar-refractivity contribution in [2.45, 2.75) is 32.6 Å². The fourth-order valence-electron chi connectivity index (χ4n) is 2.94. The molecule has 102 valence electrons. The van der Waals surface area contributed by atoms with E-state index in [-0.39, 0.29) is 0 Å². The minimum absolute atomic E-state index is 0.865. The largest absolute Gasteiger partial charge is 0.353 e. The Labute approximate surface area is 122 Å². The summed E-state index contributed by atoms with van der Waals surface area (Å²) in [5.74, 6) is 1.90. The molecule has 0 atom stereocenters. The summed E-state index contributed by atoms with van der Waals surface area (Å²) < 4.78 is 2.90. The van der Waals surface area contributed by atoms with Gasteiger partial charge in [-0.3, -0.25) is 0 Å². The smallest absolute Gasteiger partial charge is 0.180 e. The van der Waals surface area contributed by atoms with Crippen LogP contribution in [0.5, 0.6) is 0 Å². The third-order valence-electron chi connectivity index (χ3n) is 3.94. The maximum atomic E-state index is 4.63. The summed E-state index contributed by atoms with van der Waals surface area (Å²) in [4.78, 5) is 11.4. The lowest BCUT2D eigenvalue weighted by Gasteiger charge is -2.32. The highest BCUT2D eigenvalue weighted by Crippen LogP contribution is 2.27. The zero-order valence-electron chi connectivity index (χ0n) is 11.2. The summed E-state index contributed by atoms with van der Waals surface area (Å²) in [5.41, 5.74) is 0.956. The Morgan fingerprint density at radius 1 is 1.37 bits per heavy atom. The van der Waals surface area contributed by atoms with Gasteiger partial charge in [-0.05, 0) is 34.7 Å². The summed E-state index contributed by atoms with van der Waals surface area (Å²) in [6.45, 7) is 4.46. The van der Waals surface area contributed by atoms with Crippen molar-refractivity contribution >= 4 is 27.4 Å². The topological polar surface area (TPSA) is 33.4 Å². The molecule has 5 heteroatoms. The minimum Gasteiger partial charge on any atom is -0.353 e. The lowest BCUT2D eigenvalue weighted by atomic mass is 9.92. The van der Waals surface area contributed by atoms with E-state index in [0.29, 0.717) is 0 Å². The number of piperidine rings is 1. The molecule has 2 aromatic heterocycles. The first kappa shape index (κ1) is 12.9. The van der Waals surface area contributed by atoms with Gasteiger partial charge < -0.3 is 9.30 Å². The molecule has 1 saturated heterocycles. The Morgan fingerprint density at radius 2 is 2.16 bits per heavy atom. The molecular weight excluding hydrogens is 304 g/mol. The summed E-state index contributed by atoms with van der Waals surface area (Å²) in [6.07, 6.45) is 11.0. The molecule has 0 spiro atoms. The molecule has 0 unspecified atom stereocenters. The summed E-state index contributed by atoms with van der Waals surface area (Å²) in [7, 11) is 0. The number of halogens is 1. The van der Waals surface area contributed by atoms with Crippen molar-refractivity contribution < 1.29 is 0 Å². The predicted molar refractivity (Wildman–Crippen MR) is 80.5 cm³/mol. The van der Waals surface area contributed by atoms with Gasteiger partial charge in [-0.2, -0.15) is 0 Å². The molecule has 0 saturated carbocycles. The molecule has 3 rings (SSSR count). The molecule has 0 N–H and O–H groups in total. The summed E-state index contributed by atoms with van der Waals surface area (Å²) in [5, 5.41) is 0. The number of aromatic nitrogens is 3. The van der Waals surface area contributed by atoms with Crippen molar-refractivity contribution in [2.24, 2.45) is 5.92 Å². The van der Waals surface area contributed by atoms with Gasteiger partial charge in [0.15, 0.2) is 11.5 Å². The van der Waals surface area contributed by atoms with Crippen LogP contribution in [0.25, 0.3) is 5.65 Å². The van der Waals surface area contributed by atoms with Crippen molar-refractivity contribution in [1.82, 2.24) is 14.4 Å². The molecule has 0 aliphatic carbocycles. The molecule has 0 radical (unpaired) electrons. The van der Waals surface area contributed by atoms with Crippen LogP contribution >= 0.6 is 15.9 Å². The average molecular weight is 323 g/mol. The van der Waals surface area contributed by atoms with Gasteiger partial charge in [0.1, 0.15) is 4.60 Å². The van der Waals surface area contributed by atoms with Crippen LogP contribution in [0, 0.1) is 5.92 Å². The fourth-order valence-corrected chi connectivity index (χ4v) is 3.33. The van der Waals surface area contributed by atoms with Gasteiger partial charge in [-0.25, -0.2) is 9.97 Å². The molecular formula is C14H19BrN4. The Balaban J connectivity index is 1.83. The molecule has 3 heterocycles. The standard InChI is InChI=1S/C14H19BrN4/c1-2-3-11-4-7-18(8-5-11)14-13-16-6-9-19(13)10-12(15)17-14/h6,9-11H,2-5,7-8H2,1H3. The summed E-state index contributed by atoms with van der Waals surface area (Å²) in [6, 6.07) is 0. The molecule has 1 aliphatic heterocycles. The zero-order valence-corrected chi connectivity index (χ0v) is 12.8. The van der Waals surface area contributed by atoms with Crippen molar-refractivity contribution in [3.05, 3.63) is 23.2 Å². The van der Waals surface area contributed by atoms with Gasteiger partial charge in [0, 0.05) is 31.7 Å². The van der Waals surface area contributed by atoms with Crippen molar-refractivity contribution in [1.29, 1.82) is 0 Å². The van der Waals surface area contributed by atoms with E-state index >= 15 is 0 Å². The lowest BCUT2D eigenvalue weighted by Crippen LogP contribution is -2.34. The van der Waals surface area contributed by atoms with E-state index in [1.807, 2.05) is 23.0 Å². The molecule has 4 nitrogen and oxygen atoms in total. The molecule has 0 bridgehead atoms. The van der Waals surface area contributed by atoms with Crippen molar-refractivity contribution in [3.63, 3.8) is 0 Å². The van der Waals surface area contributed by atoms with Gasteiger partial charge in [0.25, 0.3) is 0 Å². The van der Waals surface area contributed by atoms with Crippen molar-refractivity contribution in [3.8, 4) is 0 Å². The zero-order chi connectivity index (χ0) is 13.2. The molecule has 1 aliphatic rings. The number of imidazole rings is 1. The van der Waals surface area contributed by atoms with Crippen LogP contribution < -0.4 is 4.90 Å². The highest BCUT2D eigenvalue weighted by atomic mass is 79.9. The molecule has 0 amide bonds. The average Bonchev–Trinajstić information content (AvgIpc) is 2.87. The number of anilines is 1. The van der Waals surface area contributed by atoms with E-state index in [4.69, 9.17) is 0 Å². The van der Waals surface area contributed by atoms with E-state index in [1.54, 1.807) is 0 Å². The van der Waals surface area contributed by atoms with Crippen LogP contribution in [0.1, 0.15) is 32.6 Å². The number of hydrogen-bond donors (Lipinski definition) is 0. The minimum atomic E-state index is 0.865. The number of fused-ring (bicyclic) bond motifs is 1. The van der Waals surface area contributed by atoms with Gasteiger partial charge >= 0.3 is 0 Å². The lowest BCUT2D eigenvalue weighted by molar-refractivity contribution is 0.377. The molecule has 2 aromatic rings. The van der Waals surface area contributed by atoms with E-state index < -0.39 is 0 Å². The Hall–Kier alpha value is -1.10. The second-order valence-electron chi connectivity index (χ2n) is 5.26. The summed E-state index contributed by atoms with van der Waals surface area (Å²) >= 11 is 3.48. The Bertz CT molecular complexity index is 558. The monoisotopic (exact) mass is 322 g/mol. The quantitative estimate of drug-likeness (QED) is 0.867. The van der Waals surface area contributed by atoms with E-state index in [0.717, 1.165) is 35.1 Å². The Morgan fingerprint density at radius 3 is 2.89 bits per heavy atom. The molecule has 1 fully saturated rings. The SMILES string of the molecule is CCCC1CCN(c2nc(Br)cn3ccnc23)CC1. The highest BCUT2D eigenvalue weighted by Gasteiger charge is 2.22. The molecule has 0 aromatic carbocycles. The van der Waals surface area contributed by atoms with E-state index in [9.17, 15) is 0 Å². The van der Waals surface area contributed by atoms with Crippen LogP contribution in [0.2, 0.25) is 0 Å². The molecule has 19 heavy (non-hydrogen) atoms. The van der Waals surface area contributed by atoms with Crippen LogP contribution in [-0.2, 0) is 0 Å². The second-order valence-corrected chi connectivity index (χ2v) is 6.08. The number of nitrogens with zero attached hydrogens (tertiary/aromatic N) is 4. The highest BCUT2D eigenvalue weighted by molar-refractivity contribution is 9.10. The van der Waals surface area contributed by atoms with E-state index in [1.165, 1.54) is 25.7 Å².